The van der Waals surface area contributed by atoms with Gasteiger partial charge < -0.3 is 5.11 Å². The molecule has 0 saturated carbocycles. The van der Waals surface area contributed by atoms with Crippen LogP contribution in [0.3, 0.4) is 0 Å². The smallest absolute Gasteiger partial charge is 0.0684 e. The van der Waals surface area contributed by atoms with Crippen molar-refractivity contribution >= 4 is 11.8 Å². The fourth-order valence-corrected chi connectivity index (χ4v) is 1.77. The van der Waals surface area contributed by atoms with Crippen LogP contribution >= 0.6 is 11.8 Å². The van der Waals surface area contributed by atoms with Gasteiger partial charge in [-0.2, -0.15) is 11.8 Å². The number of aliphatic hydroxyl groups excluding tert-OH is 1. The summed E-state index contributed by atoms with van der Waals surface area (Å²) in [6.07, 6.45) is 0. The molecule has 0 spiro atoms. The fourth-order valence-electron chi connectivity index (χ4n) is 1.06. The van der Waals surface area contributed by atoms with Gasteiger partial charge in [-0.1, -0.05) is 31.2 Å². The molecule has 0 atom stereocenters. The second kappa shape index (κ2) is 5.22. The molecule has 2 heteroatoms. The highest BCUT2D eigenvalue weighted by Crippen LogP contribution is 2.15. The summed E-state index contributed by atoms with van der Waals surface area (Å²) in [6, 6.07) is 8.04. The lowest BCUT2D eigenvalue weighted by Crippen LogP contribution is -1.91. The van der Waals surface area contributed by atoms with E-state index in [0.29, 0.717) is 0 Å². The van der Waals surface area contributed by atoms with E-state index in [1.807, 2.05) is 30.0 Å². The van der Waals surface area contributed by atoms with Gasteiger partial charge >= 0.3 is 0 Å². The third-order valence-electron chi connectivity index (χ3n) is 1.75. The molecule has 1 aromatic rings. The third kappa shape index (κ3) is 2.54. The van der Waals surface area contributed by atoms with Gasteiger partial charge in [-0.25, -0.2) is 0 Å². The van der Waals surface area contributed by atoms with Gasteiger partial charge in [0.05, 0.1) is 6.61 Å². The van der Waals surface area contributed by atoms with Gasteiger partial charge in [0.15, 0.2) is 0 Å². The minimum absolute atomic E-state index is 0.153. The zero-order chi connectivity index (χ0) is 8.81. The van der Waals surface area contributed by atoms with Crippen LogP contribution in [0.4, 0.5) is 0 Å². The molecule has 0 heterocycles. The summed E-state index contributed by atoms with van der Waals surface area (Å²) in [5, 5.41) is 9.01. The maximum atomic E-state index is 9.01. The van der Waals surface area contributed by atoms with E-state index in [1.54, 1.807) is 0 Å². The SMILES string of the molecule is CCSCc1ccccc1CO. The monoisotopic (exact) mass is 182 g/mol. The van der Waals surface area contributed by atoms with E-state index in [0.717, 1.165) is 17.1 Å². The Morgan fingerprint density at radius 3 is 2.50 bits per heavy atom. The van der Waals surface area contributed by atoms with Crippen molar-refractivity contribution in [3.05, 3.63) is 35.4 Å². The van der Waals surface area contributed by atoms with E-state index in [2.05, 4.69) is 13.0 Å². The molecule has 0 saturated heterocycles. The Balaban J connectivity index is 2.68. The van der Waals surface area contributed by atoms with Crippen LogP contribution in [0.5, 0.6) is 0 Å². The molecule has 0 aromatic heterocycles. The first kappa shape index (κ1) is 9.62. The van der Waals surface area contributed by atoms with Crippen LogP contribution in [0.15, 0.2) is 24.3 Å². The molecular formula is C10H14OS. The average Bonchev–Trinajstić information content (AvgIpc) is 2.15. The maximum Gasteiger partial charge on any atom is 0.0684 e. The Labute approximate surface area is 77.8 Å². The normalized spacial score (nSPS) is 10.2. The number of thioether (sulfide) groups is 1. The predicted molar refractivity (Wildman–Crippen MR) is 54.2 cm³/mol. The van der Waals surface area contributed by atoms with Crippen LogP contribution in [0.2, 0.25) is 0 Å². The van der Waals surface area contributed by atoms with Crippen LogP contribution in [0, 0.1) is 0 Å². The van der Waals surface area contributed by atoms with Crippen molar-refractivity contribution in [2.75, 3.05) is 5.75 Å². The Hall–Kier alpha value is -0.470. The van der Waals surface area contributed by atoms with Crippen molar-refractivity contribution in [2.45, 2.75) is 19.3 Å². The molecule has 0 unspecified atom stereocenters. The molecule has 0 aliphatic carbocycles. The molecule has 66 valence electrons. The quantitative estimate of drug-likeness (QED) is 0.771. The summed E-state index contributed by atoms with van der Waals surface area (Å²) < 4.78 is 0. The Morgan fingerprint density at radius 1 is 1.25 bits per heavy atom. The second-order valence-corrected chi connectivity index (χ2v) is 3.84. The summed E-state index contributed by atoms with van der Waals surface area (Å²) >= 11 is 1.88. The largest absolute Gasteiger partial charge is 0.392 e. The highest BCUT2D eigenvalue weighted by Gasteiger charge is 1.98. The van der Waals surface area contributed by atoms with Gasteiger partial charge in [0.1, 0.15) is 0 Å². The van der Waals surface area contributed by atoms with Gasteiger partial charge in [0.25, 0.3) is 0 Å². The van der Waals surface area contributed by atoms with Crippen LogP contribution < -0.4 is 0 Å². The predicted octanol–water partition coefficient (Wildman–Crippen LogP) is 2.43. The van der Waals surface area contributed by atoms with Crippen molar-refractivity contribution in [1.82, 2.24) is 0 Å². The minimum Gasteiger partial charge on any atom is -0.392 e. The third-order valence-corrected chi connectivity index (χ3v) is 2.67. The molecule has 1 aromatic carbocycles. The molecule has 1 rings (SSSR count). The number of hydrogen-bond acceptors (Lipinski definition) is 2. The molecule has 0 amide bonds. The van der Waals surface area contributed by atoms with E-state index in [-0.39, 0.29) is 6.61 Å². The van der Waals surface area contributed by atoms with E-state index in [9.17, 15) is 0 Å². The van der Waals surface area contributed by atoms with Gasteiger partial charge in [0, 0.05) is 5.75 Å². The molecule has 1 nitrogen and oxygen atoms in total. The molecule has 1 N–H and O–H groups in total. The summed E-state index contributed by atoms with van der Waals surface area (Å²) in [7, 11) is 0. The second-order valence-electron chi connectivity index (χ2n) is 2.56. The van der Waals surface area contributed by atoms with Crippen molar-refractivity contribution < 1.29 is 5.11 Å². The maximum absolute atomic E-state index is 9.01. The first-order chi connectivity index (χ1) is 5.88. The van der Waals surface area contributed by atoms with Crippen LogP contribution in [-0.2, 0) is 12.4 Å². The van der Waals surface area contributed by atoms with Crippen molar-refractivity contribution in [3.63, 3.8) is 0 Å². The summed E-state index contributed by atoms with van der Waals surface area (Å²) in [5.41, 5.74) is 2.31. The lowest BCUT2D eigenvalue weighted by molar-refractivity contribution is 0.281. The molecule has 0 bridgehead atoms. The molecule has 0 fully saturated rings. The van der Waals surface area contributed by atoms with E-state index >= 15 is 0 Å². The Morgan fingerprint density at radius 2 is 1.92 bits per heavy atom. The lowest BCUT2D eigenvalue weighted by Gasteiger charge is -2.04. The number of benzene rings is 1. The zero-order valence-electron chi connectivity index (χ0n) is 7.29. The minimum atomic E-state index is 0.153. The first-order valence-electron chi connectivity index (χ1n) is 4.14. The van der Waals surface area contributed by atoms with Gasteiger partial charge in [-0.05, 0) is 16.9 Å². The van der Waals surface area contributed by atoms with Crippen molar-refractivity contribution in [1.29, 1.82) is 0 Å². The van der Waals surface area contributed by atoms with Crippen LogP contribution in [0.1, 0.15) is 18.1 Å². The average molecular weight is 182 g/mol. The Bertz CT molecular complexity index is 235. The summed E-state index contributed by atoms with van der Waals surface area (Å²) in [6.45, 7) is 2.30. The lowest BCUT2D eigenvalue weighted by atomic mass is 10.1. The van der Waals surface area contributed by atoms with Crippen molar-refractivity contribution in [3.8, 4) is 0 Å². The molecule has 0 aliphatic heterocycles. The first-order valence-corrected chi connectivity index (χ1v) is 5.29. The zero-order valence-corrected chi connectivity index (χ0v) is 8.10. The summed E-state index contributed by atoms with van der Waals surface area (Å²) in [5.74, 6) is 2.13. The van der Waals surface area contributed by atoms with Crippen LogP contribution in [0.25, 0.3) is 0 Å². The van der Waals surface area contributed by atoms with E-state index < -0.39 is 0 Å². The van der Waals surface area contributed by atoms with Gasteiger partial charge in [-0.15, -0.1) is 0 Å². The highest BCUT2D eigenvalue weighted by molar-refractivity contribution is 7.98. The summed E-state index contributed by atoms with van der Waals surface area (Å²) in [4.78, 5) is 0. The molecule has 0 radical (unpaired) electrons. The number of rotatable bonds is 4. The van der Waals surface area contributed by atoms with E-state index in [1.165, 1.54) is 5.56 Å². The molecule has 0 aliphatic rings. The van der Waals surface area contributed by atoms with Crippen LogP contribution in [-0.4, -0.2) is 10.9 Å². The molecule has 12 heavy (non-hydrogen) atoms. The molecular weight excluding hydrogens is 168 g/mol. The fraction of sp³-hybridized carbons (Fsp3) is 0.400. The highest BCUT2D eigenvalue weighted by atomic mass is 32.2. The standard InChI is InChI=1S/C10H14OS/c1-2-12-8-10-6-4-3-5-9(10)7-11/h3-6,11H,2,7-8H2,1H3. The van der Waals surface area contributed by atoms with E-state index in [4.69, 9.17) is 5.11 Å². The topological polar surface area (TPSA) is 20.2 Å². The van der Waals surface area contributed by atoms with Crippen molar-refractivity contribution in [2.24, 2.45) is 0 Å². The van der Waals surface area contributed by atoms with Gasteiger partial charge in [0.2, 0.25) is 0 Å². The number of aliphatic hydroxyl groups is 1. The number of hydrogen-bond donors (Lipinski definition) is 1. The Kier molecular flexibility index (Phi) is 4.19. The van der Waals surface area contributed by atoms with Gasteiger partial charge in [-0.3, -0.25) is 0 Å².